The maximum atomic E-state index is 11.9. The second kappa shape index (κ2) is 6.69. The molecule has 0 saturated carbocycles. The van der Waals surface area contributed by atoms with Gasteiger partial charge in [-0.15, -0.1) is 0 Å². The molecule has 110 valence electrons. The van der Waals surface area contributed by atoms with Crippen molar-refractivity contribution in [1.29, 1.82) is 0 Å². The molecule has 1 aliphatic heterocycles. The van der Waals surface area contributed by atoms with Crippen molar-refractivity contribution in [2.24, 2.45) is 5.73 Å². The summed E-state index contributed by atoms with van der Waals surface area (Å²) in [6.07, 6.45) is -0.323. The van der Waals surface area contributed by atoms with E-state index in [2.05, 4.69) is 0 Å². The van der Waals surface area contributed by atoms with E-state index < -0.39 is 6.04 Å². The number of hydrogen-bond donors (Lipinski definition) is 2. The van der Waals surface area contributed by atoms with E-state index in [1.54, 1.807) is 12.0 Å². The van der Waals surface area contributed by atoms with Crippen LogP contribution in [0.5, 0.6) is 5.75 Å². The molecular weight excluding hydrogens is 260 g/mol. The molecule has 6 nitrogen and oxygen atoms in total. The molecule has 1 heterocycles. The van der Waals surface area contributed by atoms with Crippen LogP contribution in [0.2, 0.25) is 0 Å². The summed E-state index contributed by atoms with van der Waals surface area (Å²) in [4.78, 5) is 13.6. The van der Waals surface area contributed by atoms with E-state index >= 15 is 0 Å². The molecule has 0 aromatic heterocycles. The van der Waals surface area contributed by atoms with E-state index in [1.807, 2.05) is 24.3 Å². The number of benzene rings is 1. The van der Waals surface area contributed by atoms with Gasteiger partial charge in [0.2, 0.25) is 5.91 Å². The molecule has 20 heavy (non-hydrogen) atoms. The Morgan fingerprint density at radius 3 is 2.80 bits per heavy atom. The van der Waals surface area contributed by atoms with Crippen molar-refractivity contribution in [1.82, 2.24) is 4.90 Å². The standard InChI is InChI=1S/C14H20N2O4/c1-19-11-4-2-10(3-5-11)6-16-7-13(12(15)8-17)20-9-14(16)18/h2-5,12-13,17H,6-9,15H2,1H3/t12-,13+/m1/s1. The molecule has 1 fully saturated rings. The quantitative estimate of drug-likeness (QED) is 0.776. The highest BCUT2D eigenvalue weighted by atomic mass is 16.5. The first-order chi connectivity index (χ1) is 9.63. The van der Waals surface area contributed by atoms with Crippen molar-refractivity contribution in [3.05, 3.63) is 29.8 Å². The molecule has 0 unspecified atom stereocenters. The van der Waals surface area contributed by atoms with Gasteiger partial charge in [0.1, 0.15) is 12.4 Å². The van der Waals surface area contributed by atoms with Gasteiger partial charge in [0.05, 0.1) is 25.9 Å². The van der Waals surface area contributed by atoms with E-state index in [0.717, 1.165) is 11.3 Å². The largest absolute Gasteiger partial charge is 0.497 e. The fraction of sp³-hybridized carbons (Fsp3) is 0.500. The highest BCUT2D eigenvalue weighted by Gasteiger charge is 2.29. The summed E-state index contributed by atoms with van der Waals surface area (Å²) in [5.41, 5.74) is 6.77. The maximum absolute atomic E-state index is 11.9. The lowest BCUT2D eigenvalue weighted by Crippen LogP contribution is -2.53. The van der Waals surface area contributed by atoms with Gasteiger partial charge in [-0.3, -0.25) is 4.79 Å². The number of ether oxygens (including phenoxy) is 2. The zero-order valence-corrected chi connectivity index (χ0v) is 11.5. The Morgan fingerprint density at radius 2 is 2.20 bits per heavy atom. The molecule has 1 aromatic rings. The van der Waals surface area contributed by atoms with Crippen molar-refractivity contribution in [3.8, 4) is 5.75 Å². The number of nitrogens with zero attached hydrogens (tertiary/aromatic N) is 1. The van der Waals surface area contributed by atoms with Gasteiger partial charge in [0.15, 0.2) is 0 Å². The van der Waals surface area contributed by atoms with Crippen LogP contribution in [-0.2, 0) is 16.1 Å². The number of morpholine rings is 1. The van der Waals surface area contributed by atoms with E-state index in [4.69, 9.17) is 20.3 Å². The Balaban J connectivity index is 2.00. The molecule has 2 rings (SSSR count). The van der Waals surface area contributed by atoms with Gasteiger partial charge < -0.3 is 25.2 Å². The van der Waals surface area contributed by atoms with Gasteiger partial charge >= 0.3 is 0 Å². The van der Waals surface area contributed by atoms with Crippen LogP contribution in [0.15, 0.2) is 24.3 Å². The average molecular weight is 280 g/mol. The minimum Gasteiger partial charge on any atom is -0.497 e. The summed E-state index contributed by atoms with van der Waals surface area (Å²) in [7, 11) is 1.61. The monoisotopic (exact) mass is 280 g/mol. The number of aliphatic hydroxyl groups is 1. The number of aliphatic hydroxyl groups excluding tert-OH is 1. The van der Waals surface area contributed by atoms with Crippen LogP contribution >= 0.6 is 0 Å². The van der Waals surface area contributed by atoms with Gasteiger partial charge in [0, 0.05) is 13.1 Å². The normalized spacial score (nSPS) is 20.9. The number of carbonyl (C=O) groups is 1. The van der Waals surface area contributed by atoms with Gasteiger partial charge in [0.25, 0.3) is 0 Å². The van der Waals surface area contributed by atoms with Crippen molar-refractivity contribution in [2.45, 2.75) is 18.7 Å². The number of rotatable bonds is 5. The molecule has 1 aromatic carbocycles. The van der Waals surface area contributed by atoms with E-state index in [9.17, 15) is 4.79 Å². The first-order valence-corrected chi connectivity index (χ1v) is 6.52. The maximum Gasteiger partial charge on any atom is 0.248 e. The van der Waals surface area contributed by atoms with Crippen molar-refractivity contribution in [3.63, 3.8) is 0 Å². The molecule has 1 aliphatic rings. The highest BCUT2D eigenvalue weighted by molar-refractivity contribution is 5.78. The number of methoxy groups -OCH3 is 1. The Kier molecular flexibility index (Phi) is 4.94. The summed E-state index contributed by atoms with van der Waals surface area (Å²) >= 11 is 0. The molecular formula is C14H20N2O4. The topological polar surface area (TPSA) is 85.0 Å². The van der Waals surface area contributed by atoms with E-state index in [0.29, 0.717) is 13.1 Å². The predicted octanol–water partition coefficient (Wildman–Crippen LogP) is -0.258. The lowest BCUT2D eigenvalue weighted by Gasteiger charge is -2.35. The van der Waals surface area contributed by atoms with E-state index in [-0.39, 0.29) is 25.2 Å². The minimum absolute atomic E-state index is 0.00845. The molecule has 0 bridgehead atoms. The lowest BCUT2D eigenvalue weighted by atomic mass is 10.1. The van der Waals surface area contributed by atoms with Crippen LogP contribution in [0.25, 0.3) is 0 Å². The predicted molar refractivity (Wildman–Crippen MR) is 73.2 cm³/mol. The summed E-state index contributed by atoms with van der Waals surface area (Å²) in [5.74, 6) is 0.712. The molecule has 0 radical (unpaired) electrons. The smallest absolute Gasteiger partial charge is 0.248 e. The second-order valence-corrected chi connectivity index (χ2v) is 4.82. The summed E-state index contributed by atoms with van der Waals surface area (Å²) in [6.45, 7) is 0.747. The molecule has 1 amide bonds. The van der Waals surface area contributed by atoms with Crippen molar-refractivity contribution < 1.29 is 19.4 Å². The molecule has 0 aliphatic carbocycles. The summed E-state index contributed by atoms with van der Waals surface area (Å²) in [5, 5.41) is 9.06. The van der Waals surface area contributed by atoms with Crippen LogP contribution in [0.1, 0.15) is 5.56 Å². The number of nitrogens with two attached hydrogens (primary N) is 1. The zero-order chi connectivity index (χ0) is 14.5. The zero-order valence-electron chi connectivity index (χ0n) is 11.5. The van der Waals surface area contributed by atoms with Crippen LogP contribution in [0, 0.1) is 0 Å². The summed E-state index contributed by atoms with van der Waals surface area (Å²) < 4.78 is 10.4. The molecule has 2 atom stereocenters. The minimum atomic E-state index is -0.471. The SMILES string of the molecule is COc1ccc(CN2C[C@@H]([C@H](N)CO)OCC2=O)cc1. The first-order valence-electron chi connectivity index (χ1n) is 6.52. The Morgan fingerprint density at radius 1 is 1.50 bits per heavy atom. The van der Waals surface area contributed by atoms with E-state index in [1.165, 1.54) is 0 Å². The molecule has 3 N–H and O–H groups in total. The van der Waals surface area contributed by atoms with Crippen LogP contribution in [0.4, 0.5) is 0 Å². The number of hydrogen-bond acceptors (Lipinski definition) is 5. The highest BCUT2D eigenvalue weighted by Crippen LogP contribution is 2.16. The fourth-order valence-electron chi connectivity index (χ4n) is 2.12. The molecule has 6 heteroatoms. The van der Waals surface area contributed by atoms with Crippen molar-refractivity contribution >= 4 is 5.91 Å². The third-order valence-electron chi connectivity index (χ3n) is 3.39. The fourth-order valence-corrected chi connectivity index (χ4v) is 2.12. The Bertz CT molecular complexity index is 449. The Hall–Kier alpha value is -1.63. The van der Waals surface area contributed by atoms with Crippen LogP contribution in [-0.4, -0.2) is 54.9 Å². The van der Waals surface area contributed by atoms with Gasteiger partial charge in [-0.2, -0.15) is 0 Å². The second-order valence-electron chi connectivity index (χ2n) is 4.82. The van der Waals surface area contributed by atoms with Gasteiger partial charge in [-0.05, 0) is 17.7 Å². The lowest BCUT2D eigenvalue weighted by molar-refractivity contribution is -0.151. The van der Waals surface area contributed by atoms with Crippen LogP contribution < -0.4 is 10.5 Å². The van der Waals surface area contributed by atoms with Gasteiger partial charge in [-0.1, -0.05) is 12.1 Å². The number of carbonyl (C=O) groups excluding carboxylic acids is 1. The third-order valence-corrected chi connectivity index (χ3v) is 3.39. The third kappa shape index (κ3) is 3.47. The summed E-state index contributed by atoms with van der Waals surface area (Å²) in [6, 6.07) is 7.08. The van der Waals surface area contributed by atoms with Crippen LogP contribution in [0.3, 0.4) is 0 Å². The molecule has 1 saturated heterocycles. The Labute approximate surface area is 118 Å². The molecule has 0 spiro atoms. The average Bonchev–Trinajstić information content (AvgIpc) is 2.49. The first kappa shape index (κ1) is 14.8. The van der Waals surface area contributed by atoms with Crippen molar-refractivity contribution in [2.75, 3.05) is 26.9 Å². The number of amides is 1. The van der Waals surface area contributed by atoms with Gasteiger partial charge in [-0.25, -0.2) is 0 Å².